The average molecular weight is 208 g/mol. The van der Waals surface area contributed by atoms with E-state index in [9.17, 15) is 4.79 Å². The quantitative estimate of drug-likeness (QED) is 0.649. The van der Waals surface area contributed by atoms with Crippen molar-refractivity contribution >= 4 is 5.78 Å². The van der Waals surface area contributed by atoms with Crippen molar-refractivity contribution in [1.82, 2.24) is 0 Å². The molecular weight excluding hydrogens is 188 g/mol. The van der Waals surface area contributed by atoms with E-state index in [1.807, 2.05) is 24.3 Å². The van der Waals surface area contributed by atoms with Crippen molar-refractivity contribution in [3.8, 4) is 0 Å². The van der Waals surface area contributed by atoms with E-state index in [1.54, 1.807) is 7.11 Å². The van der Waals surface area contributed by atoms with Gasteiger partial charge in [0.05, 0.1) is 0 Å². The summed E-state index contributed by atoms with van der Waals surface area (Å²) in [5.74, 6) is 0.713. The minimum absolute atomic E-state index is 0.158. The molecule has 0 spiro atoms. The zero-order valence-electron chi connectivity index (χ0n) is 9.82. The molecule has 0 amide bonds. The highest BCUT2D eigenvalue weighted by Gasteiger charge is 2.32. The molecule has 0 aromatic heterocycles. The minimum Gasteiger partial charge on any atom is -0.362 e. The van der Waals surface area contributed by atoms with E-state index in [0.29, 0.717) is 12.3 Å². The number of hydrogen-bond acceptors (Lipinski definition) is 2. The summed E-state index contributed by atoms with van der Waals surface area (Å²) in [6.07, 6.45) is 10.1. The molecule has 0 fully saturated rings. The molecule has 84 valence electrons. The first-order chi connectivity index (χ1) is 7.10. The Kier molecular flexibility index (Phi) is 4.28. The van der Waals surface area contributed by atoms with Gasteiger partial charge in [0.1, 0.15) is 0 Å². The summed E-state index contributed by atoms with van der Waals surface area (Å²) < 4.78 is 5.35. The molecule has 0 saturated heterocycles. The second kappa shape index (κ2) is 5.26. The molecule has 0 saturated carbocycles. The van der Waals surface area contributed by atoms with Crippen LogP contribution in [0.2, 0.25) is 0 Å². The normalized spacial score (nSPS) is 18.4. The Labute approximate surface area is 92.0 Å². The Bertz CT molecular complexity index is 262. The monoisotopic (exact) mass is 208 g/mol. The van der Waals surface area contributed by atoms with E-state index in [4.69, 9.17) is 4.74 Å². The lowest BCUT2D eigenvalue weighted by Gasteiger charge is -2.26. The van der Waals surface area contributed by atoms with E-state index >= 15 is 0 Å². The van der Waals surface area contributed by atoms with Gasteiger partial charge in [-0.2, -0.15) is 0 Å². The number of methoxy groups -OCH3 is 1. The molecule has 0 N–H and O–H groups in total. The molecule has 1 rings (SSSR count). The summed E-state index contributed by atoms with van der Waals surface area (Å²) in [7, 11) is 1.59. The molecule has 1 aliphatic carbocycles. The molecule has 2 nitrogen and oxygen atoms in total. The van der Waals surface area contributed by atoms with Gasteiger partial charge in [0.2, 0.25) is 0 Å². The van der Waals surface area contributed by atoms with Gasteiger partial charge in [0.15, 0.2) is 11.4 Å². The van der Waals surface area contributed by atoms with Crippen molar-refractivity contribution in [3.05, 3.63) is 24.3 Å². The Morgan fingerprint density at radius 2 is 2.00 bits per heavy atom. The molecule has 0 aliphatic heterocycles. The summed E-state index contributed by atoms with van der Waals surface area (Å²) >= 11 is 0. The Hall–Kier alpha value is -0.890. The minimum atomic E-state index is -0.785. The fourth-order valence-corrected chi connectivity index (χ4v) is 1.67. The van der Waals surface area contributed by atoms with E-state index in [2.05, 4.69) is 13.8 Å². The first-order valence-corrected chi connectivity index (χ1v) is 5.54. The third-order valence-electron chi connectivity index (χ3n) is 2.73. The molecule has 0 aromatic rings. The van der Waals surface area contributed by atoms with E-state index in [-0.39, 0.29) is 5.78 Å². The topological polar surface area (TPSA) is 26.3 Å². The van der Waals surface area contributed by atoms with Crippen LogP contribution in [0.1, 0.15) is 33.1 Å². The summed E-state index contributed by atoms with van der Waals surface area (Å²) in [6.45, 7) is 4.25. The van der Waals surface area contributed by atoms with Crippen LogP contribution in [0.4, 0.5) is 0 Å². The molecule has 15 heavy (non-hydrogen) atoms. The van der Waals surface area contributed by atoms with E-state index in [1.165, 1.54) is 0 Å². The Morgan fingerprint density at radius 3 is 2.47 bits per heavy atom. The third kappa shape index (κ3) is 3.03. The van der Waals surface area contributed by atoms with Crippen LogP contribution in [0, 0.1) is 5.92 Å². The number of ketones is 1. The highest BCUT2D eigenvalue weighted by Crippen LogP contribution is 2.23. The molecule has 2 heteroatoms. The highest BCUT2D eigenvalue weighted by atomic mass is 16.5. The molecule has 0 bridgehead atoms. The average Bonchev–Trinajstić information content (AvgIpc) is 2.26. The van der Waals surface area contributed by atoms with Gasteiger partial charge in [0, 0.05) is 13.5 Å². The Morgan fingerprint density at radius 1 is 1.40 bits per heavy atom. The fourth-order valence-electron chi connectivity index (χ4n) is 1.67. The van der Waals surface area contributed by atoms with Crippen molar-refractivity contribution in [3.63, 3.8) is 0 Å². The summed E-state index contributed by atoms with van der Waals surface area (Å²) in [4.78, 5) is 12.0. The molecule has 1 aliphatic rings. The maximum absolute atomic E-state index is 12.0. The third-order valence-corrected chi connectivity index (χ3v) is 2.73. The zero-order chi connectivity index (χ0) is 11.3. The molecule has 0 atom stereocenters. The van der Waals surface area contributed by atoms with Crippen LogP contribution in [0.15, 0.2) is 24.3 Å². The number of carbonyl (C=O) groups is 1. The predicted molar refractivity (Wildman–Crippen MR) is 61.7 cm³/mol. The van der Waals surface area contributed by atoms with E-state index in [0.717, 1.165) is 12.8 Å². The second-order valence-electron chi connectivity index (χ2n) is 4.39. The van der Waals surface area contributed by atoms with Crippen LogP contribution in [0.25, 0.3) is 0 Å². The largest absolute Gasteiger partial charge is 0.362 e. The van der Waals surface area contributed by atoms with Crippen LogP contribution < -0.4 is 0 Å². The predicted octanol–water partition coefficient (Wildman–Crippen LogP) is 2.89. The van der Waals surface area contributed by atoms with Gasteiger partial charge < -0.3 is 4.74 Å². The van der Waals surface area contributed by atoms with Crippen LogP contribution in [0.5, 0.6) is 0 Å². The summed E-state index contributed by atoms with van der Waals surface area (Å²) in [5.41, 5.74) is -0.785. The highest BCUT2D eigenvalue weighted by molar-refractivity contribution is 5.91. The smallest absolute Gasteiger partial charge is 0.172 e. The Balaban J connectivity index is 2.65. The first-order valence-electron chi connectivity index (χ1n) is 5.54. The fraction of sp³-hybridized carbons (Fsp3) is 0.615. The van der Waals surface area contributed by atoms with Crippen molar-refractivity contribution in [2.75, 3.05) is 7.11 Å². The maximum Gasteiger partial charge on any atom is 0.172 e. The van der Waals surface area contributed by atoms with Gasteiger partial charge in [-0.1, -0.05) is 26.0 Å². The second-order valence-corrected chi connectivity index (χ2v) is 4.39. The number of hydrogen-bond donors (Lipinski definition) is 0. The van der Waals surface area contributed by atoms with Gasteiger partial charge in [0.25, 0.3) is 0 Å². The SMILES string of the molecule is COC1(C(=O)CCC(C)C)C=CCC=C1. The number of Topliss-reactive ketones (excluding diaryl/α,β-unsaturated/α-hetero) is 1. The number of allylic oxidation sites excluding steroid dienone is 2. The van der Waals surface area contributed by atoms with Crippen molar-refractivity contribution < 1.29 is 9.53 Å². The number of rotatable bonds is 5. The molecule has 0 unspecified atom stereocenters. The van der Waals surface area contributed by atoms with Crippen molar-refractivity contribution in [1.29, 1.82) is 0 Å². The lowest BCUT2D eigenvalue weighted by atomic mass is 9.89. The number of ether oxygens (including phenoxy) is 1. The van der Waals surface area contributed by atoms with Crippen molar-refractivity contribution in [2.24, 2.45) is 5.92 Å². The van der Waals surface area contributed by atoms with Gasteiger partial charge in [-0.3, -0.25) is 4.79 Å². The molecular formula is C13H20O2. The maximum atomic E-state index is 12.0. The van der Waals surface area contributed by atoms with E-state index < -0.39 is 5.60 Å². The van der Waals surface area contributed by atoms with Crippen LogP contribution >= 0.6 is 0 Å². The summed E-state index contributed by atoms with van der Waals surface area (Å²) in [6, 6.07) is 0. The van der Waals surface area contributed by atoms with Crippen LogP contribution in [-0.2, 0) is 9.53 Å². The van der Waals surface area contributed by atoms with Crippen LogP contribution in [-0.4, -0.2) is 18.5 Å². The summed E-state index contributed by atoms with van der Waals surface area (Å²) in [5, 5.41) is 0. The molecule has 0 aromatic carbocycles. The van der Waals surface area contributed by atoms with Crippen molar-refractivity contribution in [2.45, 2.75) is 38.7 Å². The lowest BCUT2D eigenvalue weighted by molar-refractivity contribution is -0.132. The van der Waals surface area contributed by atoms with Gasteiger partial charge in [-0.25, -0.2) is 0 Å². The lowest BCUT2D eigenvalue weighted by Crippen LogP contribution is -2.37. The molecule has 0 heterocycles. The van der Waals surface area contributed by atoms with Gasteiger partial charge in [-0.15, -0.1) is 0 Å². The van der Waals surface area contributed by atoms with Gasteiger partial charge in [-0.05, 0) is 30.9 Å². The zero-order valence-corrected chi connectivity index (χ0v) is 9.82. The molecule has 0 radical (unpaired) electrons. The van der Waals surface area contributed by atoms with Gasteiger partial charge >= 0.3 is 0 Å². The van der Waals surface area contributed by atoms with Crippen LogP contribution in [0.3, 0.4) is 0 Å². The number of carbonyl (C=O) groups excluding carboxylic acids is 1. The first kappa shape index (κ1) is 12.2. The standard InChI is InChI=1S/C13H20O2/c1-11(2)7-8-12(14)13(15-3)9-5-4-6-10-13/h5-6,9-11H,4,7-8H2,1-3H3.